The highest BCUT2D eigenvalue weighted by Gasteiger charge is 2.22. The van der Waals surface area contributed by atoms with Crippen molar-refractivity contribution in [3.63, 3.8) is 0 Å². The van der Waals surface area contributed by atoms with Gasteiger partial charge < -0.3 is 9.80 Å². The van der Waals surface area contributed by atoms with Crippen molar-refractivity contribution < 1.29 is 9.18 Å². The van der Waals surface area contributed by atoms with Crippen LogP contribution in [0.15, 0.2) is 24.4 Å². The van der Waals surface area contributed by atoms with Gasteiger partial charge in [0.15, 0.2) is 0 Å². The van der Waals surface area contributed by atoms with Gasteiger partial charge in [-0.05, 0) is 50.3 Å². The van der Waals surface area contributed by atoms with Gasteiger partial charge in [-0.15, -0.1) is 0 Å². The molecule has 1 unspecified atom stereocenters. The summed E-state index contributed by atoms with van der Waals surface area (Å²) in [5.41, 5.74) is 1.33. The minimum absolute atomic E-state index is 0.113. The molecule has 138 valence electrons. The topological polar surface area (TPSA) is 62.2 Å². The summed E-state index contributed by atoms with van der Waals surface area (Å²) in [4.78, 5) is 28.9. The van der Waals surface area contributed by atoms with Crippen molar-refractivity contribution in [2.75, 3.05) is 32.1 Å². The number of rotatable bonds is 4. The number of amides is 1. The lowest BCUT2D eigenvalue weighted by Crippen LogP contribution is -2.37. The number of aromatic nitrogens is 3. The van der Waals surface area contributed by atoms with E-state index in [9.17, 15) is 9.18 Å². The maximum atomic E-state index is 13.1. The van der Waals surface area contributed by atoms with Gasteiger partial charge in [-0.3, -0.25) is 4.79 Å². The Labute approximate surface area is 153 Å². The SMILES string of the molecule is Cc1nc(CC2CCCN(c3ccc(F)cn3)C2)cc(C(=O)N(C)C)n1. The van der Waals surface area contributed by atoms with Crippen LogP contribution in [-0.2, 0) is 6.42 Å². The smallest absolute Gasteiger partial charge is 0.272 e. The number of nitrogens with zero attached hydrogens (tertiary/aromatic N) is 5. The first kappa shape index (κ1) is 18.2. The van der Waals surface area contributed by atoms with E-state index in [0.717, 1.165) is 43.9 Å². The summed E-state index contributed by atoms with van der Waals surface area (Å²) in [6, 6.07) is 4.96. The zero-order valence-electron chi connectivity index (χ0n) is 15.4. The molecule has 26 heavy (non-hydrogen) atoms. The molecule has 0 aromatic carbocycles. The molecule has 3 heterocycles. The number of anilines is 1. The van der Waals surface area contributed by atoms with Gasteiger partial charge in [-0.25, -0.2) is 19.3 Å². The van der Waals surface area contributed by atoms with E-state index in [4.69, 9.17) is 0 Å². The summed E-state index contributed by atoms with van der Waals surface area (Å²) in [7, 11) is 3.43. The highest BCUT2D eigenvalue weighted by molar-refractivity contribution is 5.92. The van der Waals surface area contributed by atoms with Crippen molar-refractivity contribution in [3.8, 4) is 0 Å². The van der Waals surface area contributed by atoms with E-state index in [1.807, 2.05) is 6.92 Å². The Balaban J connectivity index is 1.72. The second kappa shape index (κ2) is 7.76. The number of hydrogen-bond acceptors (Lipinski definition) is 5. The lowest BCUT2D eigenvalue weighted by atomic mass is 9.93. The molecule has 3 rings (SSSR count). The van der Waals surface area contributed by atoms with Gasteiger partial charge in [0.25, 0.3) is 5.91 Å². The highest BCUT2D eigenvalue weighted by Crippen LogP contribution is 2.24. The molecule has 1 amide bonds. The van der Waals surface area contributed by atoms with Crippen molar-refractivity contribution >= 4 is 11.7 Å². The van der Waals surface area contributed by atoms with Gasteiger partial charge in [0.1, 0.15) is 23.2 Å². The van der Waals surface area contributed by atoms with Gasteiger partial charge in [0.05, 0.1) is 6.20 Å². The van der Waals surface area contributed by atoms with Gasteiger partial charge in [-0.1, -0.05) is 0 Å². The van der Waals surface area contributed by atoms with E-state index in [1.54, 1.807) is 26.2 Å². The Kier molecular flexibility index (Phi) is 5.44. The van der Waals surface area contributed by atoms with E-state index in [-0.39, 0.29) is 11.7 Å². The number of piperidine rings is 1. The predicted octanol–water partition coefficient (Wildman–Crippen LogP) is 2.48. The maximum absolute atomic E-state index is 13.1. The molecule has 2 aromatic heterocycles. The first-order valence-corrected chi connectivity index (χ1v) is 8.85. The van der Waals surface area contributed by atoms with Crippen LogP contribution in [0.4, 0.5) is 10.2 Å². The summed E-state index contributed by atoms with van der Waals surface area (Å²) >= 11 is 0. The summed E-state index contributed by atoms with van der Waals surface area (Å²) in [6.07, 6.45) is 4.19. The molecular weight excluding hydrogens is 333 g/mol. The lowest BCUT2D eigenvalue weighted by Gasteiger charge is -2.33. The Bertz CT molecular complexity index is 778. The van der Waals surface area contributed by atoms with Crippen molar-refractivity contribution in [3.05, 3.63) is 47.4 Å². The maximum Gasteiger partial charge on any atom is 0.272 e. The van der Waals surface area contributed by atoms with Crippen molar-refractivity contribution in [2.45, 2.75) is 26.2 Å². The van der Waals surface area contributed by atoms with Gasteiger partial charge in [-0.2, -0.15) is 0 Å². The molecule has 0 saturated carbocycles. The molecule has 0 N–H and O–H groups in total. The van der Waals surface area contributed by atoms with Gasteiger partial charge >= 0.3 is 0 Å². The Morgan fingerprint density at radius 1 is 1.35 bits per heavy atom. The van der Waals surface area contributed by atoms with Crippen LogP contribution in [0.3, 0.4) is 0 Å². The number of pyridine rings is 1. The number of carbonyl (C=O) groups is 1. The molecule has 0 aliphatic carbocycles. The number of carbonyl (C=O) groups excluding carboxylic acids is 1. The quantitative estimate of drug-likeness (QED) is 0.841. The lowest BCUT2D eigenvalue weighted by molar-refractivity contribution is 0.0821. The first-order valence-electron chi connectivity index (χ1n) is 8.85. The third kappa shape index (κ3) is 4.33. The molecule has 1 aliphatic rings. The van der Waals surface area contributed by atoms with Crippen LogP contribution in [0.25, 0.3) is 0 Å². The van der Waals surface area contributed by atoms with E-state index in [0.29, 0.717) is 17.4 Å². The molecule has 2 aromatic rings. The molecule has 1 fully saturated rings. The summed E-state index contributed by atoms with van der Waals surface area (Å²) in [6.45, 7) is 3.58. The normalized spacial score (nSPS) is 17.2. The van der Waals surface area contributed by atoms with Crippen molar-refractivity contribution in [2.24, 2.45) is 5.92 Å². The summed E-state index contributed by atoms with van der Waals surface area (Å²) in [5, 5.41) is 0. The molecule has 1 aliphatic heterocycles. The minimum atomic E-state index is -0.322. The zero-order chi connectivity index (χ0) is 18.7. The van der Waals surface area contributed by atoms with Crippen molar-refractivity contribution in [1.82, 2.24) is 19.9 Å². The van der Waals surface area contributed by atoms with Crippen LogP contribution in [-0.4, -0.2) is 52.9 Å². The monoisotopic (exact) mass is 357 g/mol. The second-order valence-corrected chi connectivity index (χ2v) is 6.98. The van der Waals surface area contributed by atoms with E-state index in [1.165, 1.54) is 17.2 Å². The van der Waals surface area contributed by atoms with Crippen LogP contribution < -0.4 is 4.90 Å². The van der Waals surface area contributed by atoms with Crippen LogP contribution >= 0.6 is 0 Å². The molecule has 0 bridgehead atoms. The fourth-order valence-electron chi connectivity index (χ4n) is 3.36. The summed E-state index contributed by atoms with van der Waals surface area (Å²) in [5.74, 6) is 1.39. The number of halogens is 1. The molecule has 0 radical (unpaired) electrons. The predicted molar refractivity (Wildman–Crippen MR) is 97.6 cm³/mol. The Hall–Kier alpha value is -2.57. The second-order valence-electron chi connectivity index (χ2n) is 6.98. The van der Waals surface area contributed by atoms with Crippen LogP contribution in [0.5, 0.6) is 0 Å². The highest BCUT2D eigenvalue weighted by atomic mass is 19.1. The molecule has 1 saturated heterocycles. The Morgan fingerprint density at radius 3 is 2.85 bits per heavy atom. The average molecular weight is 357 g/mol. The molecular formula is C19H24FN5O. The number of hydrogen-bond donors (Lipinski definition) is 0. The Morgan fingerprint density at radius 2 is 2.15 bits per heavy atom. The molecule has 1 atom stereocenters. The number of aryl methyl sites for hydroxylation is 1. The van der Waals surface area contributed by atoms with E-state index in [2.05, 4.69) is 19.9 Å². The van der Waals surface area contributed by atoms with Crippen LogP contribution in [0, 0.1) is 18.7 Å². The van der Waals surface area contributed by atoms with Crippen LogP contribution in [0.1, 0.15) is 34.8 Å². The third-order valence-electron chi connectivity index (χ3n) is 4.57. The molecule has 0 spiro atoms. The van der Waals surface area contributed by atoms with Crippen LogP contribution in [0.2, 0.25) is 0 Å². The summed E-state index contributed by atoms with van der Waals surface area (Å²) < 4.78 is 13.1. The first-order chi connectivity index (χ1) is 12.4. The van der Waals surface area contributed by atoms with Crippen molar-refractivity contribution in [1.29, 1.82) is 0 Å². The zero-order valence-corrected chi connectivity index (χ0v) is 15.4. The average Bonchev–Trinajstić information content (AvgIpc) is 2.61. The standard InChI is InChI=1S/C19H24FN5O/c1-13-22-16(10-17(23-13)19(26)24(2)3)9-14-5-4-8-25(12-14)18-7-6-15(20)11-21-18/h6-7,10-11,14H,4-5,8-9,12H2,1-3H3. The fraction of sp³-hybridized carbons (Fsp3) is 0.474. The van der Waals surface area contributed by atoms with E-state index >= 15 is 0 Å². The molecule has 7 heteroatoms. The fourth-order valence-corrected chi connectivity index (χ4v) is 3.36. The largest absolute Gasteiger partial charge is 0.356 e. The molecule has 6 nitrogen and oxygen atoms in total. The van der Waals surface area contributed by atoms with E-state index < -0.39 is 0 Å². The minimum Gasteiger partial charge on any atom is -0.356 e. The van der Waals surface area contributed by atoms with Gasteiger partial charge in [0, 0.05) is 32.9 Å². The van der Waals surface area contributed by atoms with Gasteiger partial charge in [0.2, 0.25) is 0 Å². The third-order valence-corrected chi connectivity index (χ3v) is 4.57.